The summed E-state index contributed by atoms with van der Waals surface area (Å²) in [4.78, 5) is 25.7. The third kappa shape index (κ3) is 3.26. The lowest BCUT2D eigenvalue weighted by molar-refractivity contribution is -0.111. The van der Waals surface area contributed by atoms with E-state index in [9.17, 15) is 9.59 Å². The molecule has 5 nitrogen and oxygen atoms in total. The van der Waals surface area contributed by atoms with Gasteiger partial charge in [0.2, 0.25) is 0 Å². The average Bonchev–Trinajstić information content (AvgIpc) is 2.77. The summed E-state index contributed by atoms with van der Waals surface area (Å²) in [6, 6.07) is 6.87. The zero-order chi connectivity index (χ0) is 16.1. The third-order valence-corrected chi connectivity index (χ3v) is 3.48. The Morgan fingerprint density at radius 1 is 1.09 bits per heavy atom. The molecule has 0 saturated heterocycles. The molecule has 2 amide bonds. The highest BCUT2D eigenvalue weighted by Gasteiger charge is 2.34. The van der Waals surface area contributed by atoms with Crippen LogP contribution in [0, 0.1) is 0 Å². The van der Waals surface area contributed by atoms with Crippen molar-refractivity contribution in [3.05, 3.63) is 47.0 Å². The maximum absolute atomic E-state index is 12.3. The van der Waals surface area contributed by atoms with Crippen molar-refractivity contribution in [1.82, 2.24) is 4.90 Å². The number of ether oxygens (including phenoxy) is 2. The van der Waals surface area contributed by atoms with Gasteiger partial charge in [-0.05, 0) is 38.5 Å². The summed E-state index contributed by atoms with van der Waals surface area (Å²) in [6.07, 6.45) is 1.36. The molecule has 0 aromatic heterocycles. The van der Waals surface area contributed by atoms with Crippen molar-refractivity contribution in [2.75, 3.05) is 19.8 Å². The third-order valence-electron chi connectivity index (χ3n) is 3.48. The highest BCUT2D eigenvalue weighted by atomic mass is 16.7. The molecule has 0 spiro atoms. The molecule has 1 aliphatic rings. The van der Waals surface area contributed by atoms with Crippen LogP contribution >= 0.6 is 0 Å². The fourth-order valence-corrected chi connectivity index (χ4v) is 2.35. The van der Waals surface area contributed by atoms with E-state index in [1.165, 1.54) is 4.90 Å². The standard InChI is InChI=1S/C17H21NO4/c1-4-21-17(22-5-2)12(3)10-11-18-15(19)13-8-6-7-9-14(13)16(18)20/h6-10,17H,4-5,11H2,1-3H3. The predicted molar refractivity (Wildman–Crippen MR) is 82.6 cm³/mol. The van der Waals surface area contributed by atoms with Gasteiger partial charge in [0.15, 0.2) is 6.29 Å². The van der Waals surface area contributed by atoms with Gasteiger partial charge in [-0.3, -0.25) is 14.5 Å². The van der Waals surface area contributed by atoms with Crippen molar-refractivity contribution in [2.24, 2.45) is 0 Å². The minimum absolute atomic E-state index is 0.217. The van der Waals surface area contributed by atoms with Gasteiger partial charge in [-0.2, -0.15) is 0 Å². The summed E-state index contributed by atoms with van der Waals surface area (Å²) in [7, 11) is 0. The largest absolute Gasteiger partial charge is 0.349 e. The van der Waals surface area contributed by atoms with Crippen molar-refractivity contribution in [3.8, 4) is 0 Å². The van der Waals surface area contributed by atoms with Crippen LogP contribution in [-0.2, 0) is 9.47 Å². The van der Waals surface area contributed by atoms with E-state index in [0.29, 0.717) is 24.3 Å². The fraction of sp³-hybridized carbons (Fsp3) is 0.412. The van der Waals surface area contributed by atoms with Crippen molar-refractivity contribution in [3.63, 3.8) is 0 Å². The molecule has 1 aromatic carbocycles. The van der Waals surface area contributed by atoms with Crippen LogP contribution in [0.2, 0.25) is 0 Å². The van der Waals surface area contributed by atoms with E-state index in [2.05, 4.69) is 0 Å². The summed E-state index contributed by atoms with van der Waals surface area (Å²) in [5.74, 6) is -0.511. The fourth-order valence-electron chi connectivity index (χ4n) is 2.35. The monoisotopic (exact) mass is 303 g/mol. The van der Waals surface area contributed by atoms with Gasteiger partial charge >= 0.3 is 0 Å². The Bertz CT molecular complexity index is 553. The topological polar surface area (TPSA) is 55.8 Å². The number of fused-ring (bicyclic) bond motifs is 1. The van der Waals surface area contributed by atoms with Gasteiger partial charge in [0.1, 0.15) is 0 Å². The zero-order valence-corrected chi connectivity index (χ0v) is 13.2. The van der Waals surface area contributed by atoms with Crippen molar-refractivity contribution >= 4 is 11.8 Å². The van der Waals surface area contributed by atoms with Gasteiger partial charge in [0.05, 0.1) is 11.1 Å². The second-order valence-corrected chi connectivity index (χ2v) is 4.96. The number of amides is 2. The number of hydrogen-bond donors (Lipinski definition) is 0. The number of rotatable bonds is 7. The quantitative estimate of drug-likeness (QED) is 0.441. The minimum atomic E-state index is -0.440. The van der Waals surface area contributed by atoms with Gasteiger partial charge in [-0.1, -0.05) is 18.2 Å². The number of carbonyl (C=O) groups is 2. The summed E-state index contributed by atoms with van der Waals surface area (Å²) in [5.41, 5.74) is 1.77. The molecule has 0 bridgehead atoms. The Hall–Kier alpha value is -1.98. The van der Waals surface area contributed by atoms with Crippen LogP contribution in [0.4, 0.5) is 0 Å². The van der Waals surface area contributed by atoms with Gasteiger partial charge < -0.3 is 9.47 Å². The Labute approximate surface area is 130 Å². The highest BCUT2D eigenvalue weighted by Crippen LogP contribution is 2.22. The number of nitrogens with zero attached hydrogens (tertiary/aromatic N) is 1. The Morgan fingerprint density at radius 3 is 2.05 bits per heavy atom. The van der Waals surface area contributed by atoms with E-state index in [1.54, 1.807) is 30.3 Å². The zero-order valence-electron chi connectivity index (χ0n) is 13.2. The van der Waals surface area contributed by atoms with Gasteiger partial charge in [0.25, 0.3) is 11.8 Å². The van der Waals surface area contributed by atoms with E-state index >= 15 is 0 Å². The van der Waals surface area contributed by atoms with Crippen molar-refractivity contribution < 1.29 is 19.1 Å². The summed E-state index contributed by atoms with van der Waals surface area (Å²) >= 11 is 0. The molecule has 0 aliphatic carbocycles. The molecular formula is C17H21NO4. The van der Waals surface area contributed by atoms with Crippen molar-refractivity contribution in [1.29, 1.82) is 0 Å². The second-order valence-electron chi connectivity index (χ2n) is 4.96. The maximum Gasteiger partial charge on any atom is 0.261 e. The molecule has 0 fully saturated rings. The minimum Gasteiger partial charge on any atom is -0.349 e. The summed E-state index contributed by atoms with van der Waals surface area (Å²) in [6.45, 7) is 6.93. The van der Waals surface area contributed by atoms with Crippen LogP contribution in [0.15, 0.2) is 35.9 Å². The first-order valence-electron chi connectivity index (χ1n) is 7.45. The van der Waals surface area contributed by atoms with Crippen LogP contribution in [0.1, 0.15) is 41.5 Å². The van der Waals surface area contributed by atoms with E-state index in [1.807, 2.05) is 20.8 Å². The molecule has 5 heteroatoms. The average molecular weight is 303 g/mol. The van der Waals surface area contributed by atoms with Crippen LogP contribution in [0.25, 0.3) is 0 Å². The van der Waals surface area contributed by atoms with Crippen LogP contribution in [0.5, 0.6) is 0 Å². The summed E-state index contributed by atoms with van der Waals surface area (Å²) in [5, 5.41) is 0. The molecule has 22 heavy (non-hydrogen) atoms. The summed E-state index contributed by atoms with van der Waals surface area (Å²) < 4.78 is 11.0. The van der Waals surface area contributed by atoms with Crippen LogP contribution in [-0.4, -0.2) is 42.8 Å². The molecule has 1 heterocycles. The maximum atomic E-state index is 12.3. The molecule has 0 radical (unpaired) electrons. The van der Waals surface area contributed by atoms with Gasteiger partial charge in [-0.25, -0.2) is 0 Å². The molecular weight excluding hydrogens is 282 g/mol. The molecule has 2 rings (SSSR count). The highest BCUT2D eigenvalue weighted by molar-refractivity contribution is 6.21. The number of hydrogen-bond acceptors (Lipinski definition) is 4. The predicted octanol–water partition coefficient (Wildman–Crippen LogP) is 2.63. The molecule has 0 saturated carbocycles. The van der Waals surface area contributed by atoms with Crippen LogP contribution in [0.3, 0.4) is 0 Å². The Balaban J connectivity index is 2.10. The smallest absolute Gasteiger partial charge is 0.261 e. The number of imide groups is 1. The van der Waals surface area contributed by atoms with E-state index in [0.717, 1.165) is 5.57 Å². The second kappa shape index (κ2) is 7.33. The lowest BCUT2D eigenvalue weighted by Gasteiger charge is -2.19. The van der Waals surface area contributed by atoms with Crippen molar-refractivity contribution in [2.45, 2.75) is 27.1 Å². The van der Waals surface area contributed by atoms with E-state index < -0.39 is 6.29 Å². The normalized spacial score (nSPS) is 14.9. The number of carbonyl (C=O) groups excluding carboxylic acids is 2. The van der Waals surface area contributed by atoms with Gasteiger partial charge in [0, 0.05) is 19.8 Å². The first-order chi connectivity index (χ1) is 10.6. The SMILES string of the molecule is CCOC(OCC)C(C)=CCN1C(=O)c2ccccc2C1=O. The number of benzene rings is 1. The first kappa shape index (κ1) is 16.4. The lowest BCUT2D eigenvalue weighted by Crippen LogP contribution is -2.30. The molecule has 1 aromatic rings. The van der Waals surface area contributed by atoms with Crippen LogP contribution < -0.4 is 0 Å². The van der Waals surface area contributed by atoms with E-state index in [-0.39, 0.29) is 18.4 Å². The Morgan fingerprint density at radius 2 is 1.59 bits per heavy atom. The molecule has 0 N–H and O–H groups in total. The molecule has 118 valence electrons. The lowest BCUT2D eigenvalue weighted by atomic mass is 10.1. The molecule has 0 unspecified atom stereocenters. The Kier molecular flexibility index (Phi) is 5.46. The molecule has 1 aliphatic heterocycles. The molecule has 0 atom stereocenters. The van der Waals surface area contributed by atoms with E-state index in [4.69, 9.17) is 9.47 Å². The van der Waals surface area contributed by atoms with Gasteiger partial charge in [-0.15, -0.1) is 0 Å². The first-order valence-corrected chi connectivity index (χ1v) is 7.45.